The zero-order chi connectivity index (χ0) is 26.7. The third-order valence-electron chi connectivity index (χ3n) is 6.34. The third kappa shape index (κ3) is 5.38. The average Bonchev–Trinajstić information content (AvgIpc) is 3.14. The second kappa shape index (κ2) is 10.9. The van der Waals surface area contributed by atoms with E-state index in [9.17, 15) is 14.7 Å². The summed E-state index contributed by atoms with van der Waals surface area (Å²) >= 11 is 0. The van der Waals surface area contributed by atoms with E-state index in [1.807, 2.05) is 77.1 Å². The summed E-state index contributed by atoms with van der Waals surface area (Å²) in [5.41, 5.74) is 3.76. The minimum Gasteiger partial charge on any atom is -0.507 e. The molecule has 3 aromatic carbocycles. The molecule has 0 bridgehead atoms. The number of carbonyl (C=O) groups excluding carboxylic acids is 2. The van der Waals surface area contributed by atoms with Gasteiger partial charge in [-0.1, -0.05) is 37.3 Å². The van der Waals surface area contributed by atoms with Crippen LogP contribution in [0.3, 0.4) is 0 Å². The number of amides is 1. The molecule has 1 N–H and O–H groups in total. The fourth-order valence-corrected chi connectivity index (χ4v) is 4.43. The predicted octanol–water partition coefficient (Wildman–Crippen LogP) is 6.51. The largest absolute Gasteiger partial charge is 0.507 e. The summed E-state index contributed by atoms with van der Waals surface area (Å²) in [4.78, 5) is 28.4. The predicted molar refractivity (Wildman–Crippen MR) is 145 cm³/mol. The van der Waals surface area contributed by atoms with Crippen molar-refractivity contribution in [1.82, 2.24) is 0 Å². The van der Waals surface area contributed by atoms with Crippen molar-refractivity contribution in [3.63, 3.8) is 0 Å². The normalized spacial score (nSPS) is 16.9. The highest BCUT2D eigenvalue weighted by Gasteiger charge is 2.47. The van der Waals surface area contributed by atoms with Crippen molar-refractivity contribution in [2.75, 3.05) is 11.5 Å². The van der Waals surface area contributed by atoms with Crippen LogP contribution in [0.5, 0.6) is 11.5 Å². The summed E-state index contributed by atoms with van der Waals surface area (Å²) in [6.07, 6.45) is 0.790. The molecule has 1 atom stereocenters. The topological polar surface area (TPSA) is 76.1 Å². The quantitative estimate of drug-likeness (QED) is 0.217. The molecule has 1 amide bonds. The fraction of sp³-hybridized carbons (Fsp3) is 0.290. The molecule has 0 radical (unpaired) electrons. The fourth-order valence-electron chi connectivity index (χ4n) is 4.43. The van der Waals surface area contributed by atoms with Gasteiger partial charge in [-0.05, 0) is 87.2 Å². The third-order valence-corrected chi connectivity index (χ3v) is 6.34. The summed E-state index contributed by atoms with van der Waals surface area (Å²) < 4.78 is 11.6. The Hall–Kier alpha value is -4.06. The minimum atomic E-state index is -0.835. The van der Waals surface area contributed by atoms with Crippen LogP contribution < -0.4 is 14.4 Å². The van der Waals surface area contributed by atoms with Crippen molar-refractivity contribution in [1.29, 1.82) is 0 Å². The molecule has 37 heavy (non-hydrogen) atoms. The number of aliphatic hydroxyl groups excluding tert-OH is 1. The highest BCUT2D eigenvalue weighted by Crippen LogP contribution is 2.43. The van der Waals surface area contributed by atoms with Crippen molar-refractivity contribution < 1.29 is 24.2 Å². The molecule has 0 spiro atoms. The highest BCUT2D eigenvalue weighted by atomic mass is 16.5. The van der Waals surface area contributed by atoms with Crippen LogP contribution in [0, 0.1) is 13.8 Å². The maximum Gasteiger partial charge on any atom is 0.300 e. The summed E-state index contributed by atoms with van der Waals surface area (Å²) in [5.74, 6) is -0.475. The molecule has 1 unspecified atom stereocenters. The summed E-state index contributed by atoms with van der Waals surface area (Å²) in [6, 6.07) is 19.1. The second-order valence-corrected chi connectivity index (χ2v) is 9.55. The Labute approximate surface area is 218 Å². The van der Waals surface area contributed by atoms with Gasteiger partial charge in [0.05, 0.1) is 24.3 Å². The molecular formula is C31H33NO5. The molecule has 0 saturated carbocycles. The number of nitrogens with zero attached hydrogens (tertiary/aromatic N) is 1. The Kier molecular flexibility index (Phi) is 7.67. The lowest BCUT2D eigenvalue weighted by Crippen LogP contribution is -2.29. The van der Waals surface area contributed by atoms with Gasteiger partial charge in [-0.3, -0.25) is 14.5 Å². The van der Waals surface area contributed by atoms with Gasteiger partial charge in [0.15, 0.2) is 0 Å². The maximum atomic E-state index is 13.5. The van der Waals surface area contributed by atoms with Crippen LogP contribution in [0.2, 0.25) is 0 Å². The van der Waals surface area contributed by atoms with Gasteiger partial charge in [0.2, 0.25) is 0 Å². The number of ketones is 1. The number of rotatable bonds is 8. The number of benzene rings is 3. The number of aliphatic hydroxyl groups is 1. The van der Waals surface area contributed by atoms with Gasteiger partial charge in [0.1, 0.15) is 17.3 Å². The first-order valence-electron chi connectivity index (χ1n) is 12.6. The Morgan fingerprint density at radius 2 is 1.68 bits per heavy atom. The molecule has 1 fully saturated rings. The van der Waals surface area contributed by atoms with Gasteiger partial charge in [-0.25, -0.2) is 0 Å². The lowest BCUT2D eigenvalue weighted by molar-refractivity contribution is -0.132. The van der Waals surface area contributed by atoms with Gasteiger partial charge < -0.3 is 14.6 Å². The number of anilines is 1. The molecule has 0 aliphatic carbocycles. The molecule has 1 aliphatic heterocycles. The summed E-state index contributed by atoms with van der Waals surface area (Å²) in [7, 11) is 0. The van der Waals surface area contributed by atoms with Gasteiger partial charge in [0, 0.05) is 11.3 Å². The van der Waals surface area contributed by atoms with E-state index in [0.29, 0.717) is 34.9 Å². The van der Waals surface area contributed by atoms with Crippen molar-refractivity contribution in [2.24, 2.45) is 0 Å². The van der Waals surface area contributed by atoms with Crippen LogP contribution in [0.1, 0.15) is 55.5 Å². The van der Waals surface area contributed by atoms with Gasteiger partial charge in [0.25, 0.3) is 11.7 Å². The highest BCUT2D eigenvalue weighted by molar-refractivity contribution is 6.51. The first kappa shape index (κ1) is 26.0. The summed E-state index contributed by atoms with van der Waals surface area (Å²) in [6.45, 7) is 10.4. The molecule has 4 rings (SSSR count). The lowest BCUT2D eigenvalue weighted by atomic mass is 9.94. The van der Waals surface area contributed by atoms with E-state index in [-0.39, 0.29) is 17.4 Å². The number of hydrogen-bond donors (Lipinski definition) is 1. The molecule has 1 heterocycles. The smallest absolute Gasteiger partial charge is 0.300 e. The van der Waals surface area contributed by atoms with Crippen LogP contribution in [0.4, 0.5) is 5.69 Å². The second-order valence-electron chi connectivity index (χ2n) is 9.55. The molecule has 1 saturated heterocycles. The zero-order valence-corrected chi connectivity index (χ0v) is 21.9. The lowest BCUT2D eigenvalue weighted by Gasteiger charge is -2.26. The van der Waals surface area contributed by atoms with E-state index in [0.717, 1.165) is 17.5 Å². The van der Waals surface area contributed by atoms with E-state index < -0.39 is 17.7 Å². The van der Waals surface area contributed by atoms with E-state index in [1.165, 1.54) is 4.90 Å². The maximum absolute atomic E-state index is 13.5. The monoisotopic (exact) mass is 499 g/mol. The van der Waals surface area contributed by atoms with Crippen LogP contribution >= 0.6 is 0 Å². The number of Topliss-reactive ketones (excluding diaryl/α,β-unsaturated/α-hetero) is 1. The summed E-state index contributed by atoms with van der Waals surface area (Å²) in [5, 5.41) is 11.5. The van der Waals surface area contributed by atoms with Gasteiger partial charge in [-0.15, -0.1) is 0 Å². The minimum absolute atomic E-state index is 0.0255. The Morgan fingerprint density at radius 1 is 0.946 bits per heavy atom. The van der Waals surface area contributed by atoms with Gasteiger partial charge in [-0.2, -0.15) is 0 Å². The SMILES string of the molecule is CCCOc1cccc(/C(O)=C2\C(=O)C(=O)N(c3ccc(C)c(C)c3)C2c2cccc(OC(C)C)c2)c1. The van der Waals surface area contributed by atoms with Gasteiger partial charge >= 0.3 is 0 Å². The first-order valence-corrected chi connectivity index (χ1v) is 12.6. The van der Waals surface area contributed by atoms with Crippen molar-refractivity contribution in [3.8, 4) is 11.5 Å². The van der Waals surface area contributed by atoms with Crippen LogP contribution in [-0.4, -0.2) is 29.5 Å². The molecule has 0 aromatic heterocycles. The number of carbonyl (C=O) groups is 2. The number of ether oxygens (including phenoxy) is 2. The Bertz CT molecular complexity index is 1360. The molecular weight excluding hydrogens is 466 g/mol. The van der Waals surface area contributed by atoms with Crippen molar-refractivity contribution in [3.05, 3.63) is 94.6 Å². The average molecular weight is 500 g/mol. The van der Waals surface area contributed by atoms with E-state index in [4.69, 9.17) is 9.47 Å². The Morgan fingerprint density at radius 3 is 2.38 bits per heavy atom. The molecule has 1 aliphatic rings. The van der Waals surface area contributed by atoms with E-state index in [1.54, 1.807) is 24.3 Å². The number of aryl methyl sites for hydroxylation is 2. The van der Waals surface area contributed by atoms with Crippen LogP contribution in [0.15, 0.2) is 72.3 Å². The molecule has 3 aromatic rings. The Balaban J connectivity index is 1.91. The van der Waals surface area contributed by atoms with E-state index >= 15 is 0 Å². The zero-order valence-electron chi connectivity index (χ0n) is 21.9. The van der Waals surface area contributed by atoms with Crippen molar-refractivity contribution >= 4 is 23.1 Å². The van der Waals surface area contributed by atoms with Crippen molar-refractivity contribution in [2.45, 2.75) is 53.2 Å². The molecule has 6 heteroatoms. The van der Waals surface area contributed by atoms with E-state index in [2.05, 4.69) is 0 Å². The standard InChI is InChI=1S/C31H33NO5/c1-6-15-36-25-11-8-10-23(18-25)29(33)27-28(22-9-7-12-26(17-22)37-19(2)3)32(31(35)30(27)34)24-14-13-20(4)21(5)16-24/h7-14,16-19,28,33H,6,15H2,1-5H3/b29-27+. The molecule has 6 nitrogen and oxygen atoms in total. The molecule has 192 valence electrons. The van der Waals surface area contributed by atoms with Crippen LogP contribution in [0.25, 0.3) is 5.76 Å². The van der Waals surface area contributed by atoms with Crippen LogP contribution in [-0.2, 0) is 9.59 Å². The first-order chi connectivity index (χ1) is 17.7. The number of hydrogen-bond acceptors (Lipinski definition) is 5.